The number of benzene rings is 3. The highest BCUT2D eigenvalue weighted by atomic mass is 16.5. The van der Waals surface area contributed by atoms with Crippen LogP contribution in [0.5, 0.6) is 5.75 Å². The predicted octanol–water partition coefficient (Wildman–Crippen LogP) is 5.79. The maximum atomic E-state index is 13.5. The second-order valence-electron chi connectivity index (χ2n) is 9.54. The number of Topliss-reactive ketones (excluding diaryl/α,β-unsaturated/α-hetero) is 1. The second-order valence-corrected chi connectivity index (χ2v) is 9.54. The van der Waals surface area contributed by atoms with Crippen LogP contribution in [0.15, 0.2) is 72.3 Å². The molecule has 1 saturated heterocycles. The Morgan fingerprint density at radius 3 is 2.38 bits per heavy atom. The van der Waals surface area contributed by atoms with Crippen LogP contribution in [0.2, 0.25) is 0 Å². The van der Waals surface area contributed by atoms with Gasteiger partial charge in [0.25, 0.3) is 11.7 Å². The summed E-state index contributed by atoms with van der Waals surface area (Å²) < 4.78 is 5.71. The van der Waals surface area contributed by atoms with Crippen LogP contribution in [0.3, 0.4) is 0 Å². The number of fused-ring (bicyclic) bond motifs is 1. The van der Waals surface area contributed by atoms with Crippen LogP contribution in [0, 0.1) is 6.92 Å². The Bertz CT molecular complexity index is 1350. The first-order valence-electron chi connectivity index (χ1n) is 12.9. The van der Waals surface area contributed by atoms with E-state index >= 15 is 0 Å². The van der Waals surface area contributed by atoms with E-state index in [1.807, 2.05) is 67.6 Å². The highest BCUT2D eigenvalue weighted by Gasteiger charge is 2.47. The average Bonchev–Trinajstić information content (AvgIpc) is 3.19. The fourth-order valence-electron chi connectivity index (χ4n) is 5.24. The van der Waals surface area contributed by atoms with Crippen LogP contribution in [-0.4, -0.2) is 36.5 Å². The maximum absolute atomic E-state index is 13.5. The molecule has 1 unspecified atom stereocenters. The van der Waals surface area contributed by atoms with Gasteiger partial charge in [0, 0.05) is 30.0 Å². The van der Waals surface area contributed by atoms with E-state index in [2.05, 4.69) is 18.7 Å². The Morgan fingerprint density at radius 1 is 1.00 bits per heavy atom. The van der Waals surface area contributed by atoms with Crippen molar-refractivity contribution in [1.82, 2.24) is 0 Å². The van der Waals surface area contributed by atoms with Crippen molar-refractivity contribution in [1.29, 1.82) is 0 Å². The summed E-state index contributed by atoms with van der Waals surface area (Å²) >= 11 is 0. The van der Waals surface area contributed by atoms with Crippen molar-refractivity contribution in [3.05, 3.63) is 94.6 Å². The molecule has 0 radical (unpaired) electrons. The molecule has 0 saturated carbocycles. The number of aliphatic hydroxyl groups excluding tert-OH is 1. The van der Waals surface area contributed by atoms with E-state index in [1.54, 1.807) is 6.07 Å². The van der Waals surface area contributed by atoms with E-state index in [0.29, 0.717) is 17.9 Å². The van der Waals surface area contributed by atoms with Crippen LogP contribution in [0.1, 0.15) is 48.6 Å². The molecule has 5 rings (SSSR count). The molecule has 0 aromatic heterocycles. The Kier molecular flexibility index (Phi) is 6.74. The molecular formula is C31H32N2O4. The zero-order chi connectivity index (χ0) is 26.1. The van der Waals surface area contributed by atoms with Crippen LogP contribution < -0.4 is 14.5 Å². The molecule has 0 aliphatic carbocycles. The summed E-state index contributed by atoms with van der Waals surface area (Å²) in [6.45, 7) is 8.60. The molecule has 6 nitrogen and oxygen atoms in total. The summed E-state index contributed by atoms with van der Waals surface area (Å²) in [6.07, 6.45) is 1.73. The minimum atomic E-state index is -0.749. The molecule has 1 fully saturated rings. The molecular weight excluding hydrogens is 464 g/mol. The average molecular weight is 497 g/mol. The molecule has 1 amide bonds. The molecule has 1 N–H and O–H groups in total. The summed E-state index contributed by atoms with van der Waals surface area (Å²) in [5.41, 5.74) is 5.09. The summed E-state index contributed by atoms with van der Waals surface area (Å²) in [4.78, 5) is 30.6. The fourth-order valence-corrected chi connectivity index (χ4v) is 5.24. The molecule has 3 aromatic carbocycles. The van der Waals surface area contributed by atoms with Gasteiger partial charge in [0.1, 0.15) is 11.5 Å². The van der Waals surface area contributed by atoms with Gasteiger partial charge in [-0.05, 0) is 87.2 Å². The minimum Gasteiger partial charge on any atom is -0.507 e. The molecule has 190 valence electrons. The molecule has 0 bridgehead atoms. The van der Waals surface area contributed by atoms with Gasteiger partial charge >= 0.3 is 0 Å². The van der Waals surface area contributed by atoms with E-state index in [1.165, 1.54) is 4.90 Å². The smallest absolute Gasteiger partial charge is 0.300 e. The van der Waals surface area contributed by atoms with Crippen LogP contribution in [0.4, 0.5) is 11.4 Å². The summed E-state index contributed by atoms with van der Waals surface area (Å²) in [5.74, 6) is -0.708. The Hall–Kier alpha value is -4.06. The molecule has 1 atom stereocenters. The number of ether oxygens (including phenoxy) is 1. The molecule has 37 heavy (non-hydrogen) atoms. The Labute approximate surface area is 217 Å². The largest absolute Gasteiger partial charge is 0.507 e. The number of aryl methyl sites for hydroxylation is 2. The summed E-state index contributed by atoms with van der Waals surface area (Å²) in [5, 5.41) is 11.5. The van der Waals surface area contributed by atoms with Gasteiger partial charge in [0.15, 0.2) is 0 Å². The number of hydrogen-bond donors (Lipinski definition) is 1. The number of carbonyl (C=O) groups excluding carboxylic acids is 2. The van der Waals surface area contributed by atoms with E-state index in [4.69, 9.17) is 4.74 Å². The fraction of sp³-hybridized carbons (Fsp3) is 0.290. The van der Waals surface area contributed by atoms with E-state index in [0.717, 1.165) is 54.1 Å². The minimum absolute atomic E-state index is 0.0952. The molecule has 2 heterocycles. The standard InChI is InChI=1S/C31H32N2O4/c1-4-32(5-2)24-15-10-21(11-16-24)28-27(29(34)23-12-17-26-22(19-23)7-6-18-37-26)30(35)31(36)33(28)25-13-8-20(3)9-14-25/h8-17,19,28,34H,4-7,18H2,1-3H3/b29-27-. The lowest BCUT2D eigenvalue weighted by molar-refractivity contribution is -0.132. The number of ketones is 1. The summed E-state index contributed by atoms with van der Waals surface area (Å²) in [6, 6.07) is 20.1. The van der Waals surface area contributed by atoms with Crippen molar-refractivity contribution >= 4 is 28.8 Å². The predicted molar refractivity (Wildman–Crippen MR) is 146 cm³/mol. The first-order chi connectivity index (χ1) is 17.9. The lowest BCUT2D eigenvalue weighted by atomic mass is 9.93. The monoisotopic (exact) mass is 496 g/mol. The van der Waals surface area contributed by atoms with Gasteiger partial charge in [0.05, 0.1) is 18.2 Å². The SMILES string of the molecule is CCN(CC)c1ccc(C2/C(=C(/O)c3ccc4c(c3)CCCO4)C(=O)C(=O)N2c2ccc(C)cc2)cc1. The zero-order valence-corrected chi connectivity index (χ0v) is 21.5. The van der Waals surface area contributed by atoms with Crippen LogP contribution >= 0.6 is 0 Å². The Balaban J connectivity index is 1.65. The number of nitrogens with zero attached hydrogens (tertiary/aromatic N) is 2. The number of rotatable bonds is 6. The van der Waals surface area contributed by atoms with Crippen LogP contribution in [0.25, 0.3) is 5.76 Å². The molecule has 6 heteroatoms. The first-order valence-corrected chi connectivity index (χ1v) is 12.9. The number of amides is 1. The van der Waals surface area contributed by atoms with Crippen molar-refractivity contribution in [2.24, 2.45) is 0 Å². The Morgan fingerprint density at radius 2 is 1.70 bits per heavy atom. The molecule has 2 aliphatic heterocycles. The van der Waals surface area contributed by atoms with Crippen molar-refractivity contribution < 1.29 is 19.4 Å². The lowest BCUT2D eigenvalue weighted by Gasteiger charge is -2.27. The third-order valence-corrected chi connectivity index (χ3v) is 7.28. The zero-order valence-electron chi connectivity index (χ0n) is 21.5. The number of aliphatic hydroxyl groups is 1. The first kappa shape index (κ1) is 24.6. The third kappa shape index (κ3) is 4.48. The van der Waals surface area contributed by atoms with Gasteiger partial charge in [0.2, 0.25) is 0 Å². The topological polar surface area (TPSA) is 70.1 Å². The second kappa shape index (κ2) is 10.1. The lowest BCUT2D eigenvalue weighted by Crippen LogP contribution is -2.29. The van der Waals surface area contributed by atoms with Gasteiger partial charge in [-0.1, -0.05) is 29.8 Å². The highest BCUT2D eigenvalue weighted by Crippen LogP contribution is 2.43. The van der Waals surface area contributed by atoms with E-state index < -0.39 is 17.7 Å². The van der Waals surface area contributed by atoms with Gasteiger partial charge < -0.3 is 14.7 Å². The highest BCUT2D eigenvalue weighted by molar-refractivity contribution is 6.51. The third-order valence-electron chi connectivity index (χ3n) is 7.28. The molecule has 3 aromatic rings. The van der Waals surface area contributed by atoms with Crippen molar-refractivity contribution in [3.63, 3.8) is 0 Å². The van der Waals surface area contributed by atoms with Crippen molar-refractivity contribution in [2.45, 2.75) is 39.7 Å². The maximum Gasteiger partial charge on any atom is 0.300 e. The van der Waals surface area contributed by atoms with E-state index in [9.17, 15) is 14.7 Å². The van der Waals surface area contributed by atoms with E-state index in [-0.39, 0.29) is 11.3 Å². The number of carbonyl (C=O) groups is 2. The van der Waals surface area contributed by atoms with Gasteiger partial charge in [-0.2, -0.15) is 0 Å². The van der Waals surface area contributed by atoms with Crippen molar-refractivity contribution in [3.8, 4) is 5.75 Å². The quantitative estimate of drug-likeness (QED) is 0.266. The molecule has 0 spiro atoms. The van der Waals surface area contributed by atoms with Crippen LogP contribution in [-0.2, 0) is 16.0 Å². The van der Waals surface area contributed by atoms with Gasteiger partial charge in [-0.15, -0.1) is 0 Å². The van der Waals surface area contributed by atoms with Crippen molar-refractivity contribution in [2.75, 3.05) is 29.5 Å². The number of hydrogen-bond acceptors (Lipinski definition) is 5. The normalized spacial score (nSPS) is 18.5. The van der Waals surface area contributed by atoms with Gasteiger partial charge in [-0.25, -0.2) is 0 Å². The summed E-state index contributed by atoms with van der Waals surface area (Å²) in [7, 11) is 0. The van der Waals surface area contributed by atoms with Gasteiger partial charge in [-0.3, -0.25) is 14.5 Å². The number of anilines is 2. The molecule has 2 aliphatic rings.